The fourth-order valence-corrected chi connectivity index (χ4v) is 1.97. The second kappa shape index (κ2) is 5.64. The molecule has 20 heavy (non-hydrogen) atoms. The third-order valence-corrected chi connectivity index (χ3v) is 3.04. The van der Waals surface area contributed by atoms with E-state index in [0.717, 1.165) is 5.56 Å². The van der Waals surface area contributed by atoms with E-state index >= 15 is 0 Å². The lowest BCUT2D eigenvalue weighted by Crippen LogP contribution is -2.15. The van der Waals surface area contributed by atoms with Gasteiger partial charge in [0.2, 0.25) is 0 Å². The molecule has 1 amide bonds. The molecule has 0 saturated heterocycles. The molecule has 0 aliphatic rings. The standard InChI is InChI=1S/C15H12ClN3O/c1-9-2-5-12(13(18)6-9)15(20)19-14-7-11(16)4-3-10(14)8-17/h2-7H,18H2,1H3,(H,19,20). The van der Waals surface area contributed by atoms with Crippen molar-refractivity contribution in [3.63, 3.8) is 0 Å². The number of carbonyl (C=O) groups excluding carboxylic acids is 1. The Labute approximate surface area is 121 Å². The number of nitrogen functional groups attached to an aromatic ring is 1. The van der Waals surface area contributed by atoms with Crippen LogP contribution in [-0.2, 0) is 0 Å². The molecule has 0 aliphatic heterocycles. The van der Waals surface area contributed by atoms with Gasteiger partial charge in [0, 0.05) is 10.7 Å². The zero-order chi connectivity index (χ0) is 14.7. The Morgan fingerprint density at radius 2 is 2.05 bits per heavy atom. The molecule has 100 valence electrons. The van der Waals surface area contributed by atoms with Gasteiger partial charge in [-0.25, -0.2) is 0 Å². The molecule has 0 heterocycles. The summed E-state index contributed by atoms with van der Waals surface area (Å²) in [6, 6.07) is 11.8. The van der Waals surface area contributed by atoms with E-state index in [1.54, 1.807) is 30.3 Å². The van der Waals surface area contributed by atoms with Gasteiger partial charge in [-0.3, -0.25) is 4.79 Å². The highest BCUT2D eigenvalue weighted by atomic mass is 35.5. The van der Waals surface area contributed by atoms with Crippen LogP contribution in [0, 0.1) is 18.3 Å². The van der Waals surface area contributed by atoms with Crippen molar-refractivity contribution in [2.75, 3.05) is 11.1 Å². The monoisotopic (exact) mass is 285 g/mol. The summed E-state index contributed by atoms with van der Waals surface area (Å²) in [5.74, 6) is -0.374. The van der Waals surface area contributed by atoms with E-state index in [2.05, 4.69) is 5.32 Å². The van der Waals surface area contributed by atoms with E-state index < -0.39 is 0 Å². The first-order chi connectivity index (χ1) is 9.51. The molecule has 0 radical (unpaired) electrons. The fraction of sp³-hybridized carbons (Fsp3) is 0.0667. The molecule has 3 N–H and O–H groups in total. The van der Waals surface area contributed by atoms with Gasteiger partial charge in [-0.15, -0.1) is 0 Å². The SMILES string of the molecule is Cc1ccc(C(=O)Nc2cc(Cl)ccc2C#N)c(N)c1. The lowest BCUT2D eigenvalue weighted by molar-refractivity contribution is 0.102. The van der Waals surface area contributed by atoms with Crippen molar-refractivity contribution in [2.45, 2.75) is 6.92 Å². The first-order valence-electron chi connectivity index (χ1n) is 5.88. The Kier molecular flexibility index (Phi) is 3.92. The molecule has 0 aromatic heterocycles. The van der Waals surface area contributed by atoms with E-state index in [1.165, 1.54) is 6.07 Å². The minimum Gasteiger partial charge on any atom is -0.398 e. The number of rotatable bonds is 2. The maximum Gasteiger partial charge on any atom is 0.257 e. The van der Waals surface area contributed by atoms with E-state index in [-0.39, 0.29) is 5.91 Å². The molecule has 0 fully saturated rings. The Balaban J connectivity index is 2.33. The maximum absolute atomic E-state index is 12.2. The number of hydrogen-bond acceptors (Lipinski definition) is 3. The minimum absolute atomic E-state index is 0.341. The van der Waals surface area contributed by atoms with E-state index in [0.29, 0.717) is 27.5 Å². The van der Waals surface area contributed by atoms with Crippen LogP contribution in [0.15, 0.2) is 36.4 Å². The van der Waals surface area contributed by atoms with E-state index in [1.807, 2.05) is 13.0 Å². The quantitative estimate of drug-likeness (QED) is 0.831. The van der Waals surface area contributed by atoms with Crippen LogP contribution in [-0.4, -0.2) is 5.91 Å². The number of amides is 1. The molecule has 2 aromatic rings. The normalized spacial score (nSPS) is 9.85. The van der Waals surface area contributed by atoms with Gasteiger partial charge in [0.1, 0.15) is 6.07 Å². The Morgan fingerprint density at radius 3 is 2.70 bits per heavy atom. The van der Waals surface area contributed by atoms with Crippen molar-refractivity contribution < 1.29 is 4.79 Å². The molecule has 0 unspecified atom stereocenters. The summed E-state index contributed by atoms with van der Waals surface area (Å²) in [7, 11) is 0. The lowest BCUT2D eigenvalue weighted by atomic mass is 10.1. The highest BCUT2D eigenvalue weighted by Crippen LogP contribution is 2.22. The minimum atomic E-state index is -0.374. The molecule has 5 heteroatoms. The van der Waals surface area contributed by atoms with Gasteiger partial charge in [0.15, 0.2) is 0 Å². The number of nitrogens with zero attached hydrogens (tertiary/aromatic N) is 1. The average Bonchev–Trinajstić information content (AvgIpc) is 2.38. The highest BCUT2D eigenvalue weighted by Gasteiger charge is 2.12. The lowest BCUT2D eigenvalue weighted by Gasteiger charge is -2.09. The summed E-state index contributed by atoms with van der Waals surface area (Å²) >= 11 is 5.87. The molecule has 0 aliphatic carbocycles. The summed E-state index contributed by atoms with van der Waals surface area (Å²) in [4.78, 5) is 12.2. The number of aryl methyl sites for hydroxylation is 1. The first-order valence-corrected chi connectivity index (χ1v) is 6.26. The highest BCUT2D eigenvalue weighted by molar-refractivity contribution is 6.31. The molecule has 2 aromatic carbocycles. The summed E-state index contributed by atoms with van der Waals surface area (Å²) in [5.41, 5.74) is 8.26. The zero-order valence-electron chi connectivity index (χ0n) is 10.8. The van der Waals surface area contributed by atoms with Gasteiger partial charge in [-0.05, 0) is 42.8 Å². The van der Waals surface area contributed by atoms with Crippen molar-refractivity contribution >= 4 is 28.9 Å². The molecule has 0 atom stereocenters. The van der Waals surface area contributed by atoms with Crippen LogP contribution < -0.4 is 11.1 Å². The van der Waals surface area contributed by atoms with Crippen molar-refractivity contribution in [3.05, 3.63) is 58.1 Å². The van der Waals surface area contributed by atoms with Crippen LogP contribution >= 0.6 is 11.6 Å². The van der Waals surface area contributed by atoms with E-state index in [4.69, 9.17) is 22.6 Å². The van der Waals surface area contributed by atoms with Crippen LogP contribution in [0.25, 0.3) is 0 Å². The number of nitriles is 1. The van der Waals surface area contributed by atoms with Crippen LogP contribution in [0.5, 0.6) is 0 Å². The first kappa shape index (κ1) is 13.9. The predicted molar refractivity (Wildman–Crippen MR) is 79.7 cm³/mol. The molecular formula is C15H12ClN3O. The number of carbonyl (C=O) groups is 1. The second-order valence-electron chi connectivity index (χ2n) is 4.35. The molecule has 0 saturated carbocycles. The third kappa shape index (κ3) is 2.90. The number of halogens is 1. The van der Waals surface area contributed by atoms with E-state index in [9.17, 15) is 4.79 Å². The molecule has 4 nitrogen and oxygen atoms in total. The predicted octanol–water partition coefficient (Wildman–Crippen LogP) is 3.35. The number of nitrogens with two attached hydrogens (primary N) is 1. The Hall–Kier alpha value is -2.51. The smallest absolute Gasteiger partial charge is 0.257 e. The zero-order valence-corrected chi connectivity index (χ0v) is 11.5. The number of benzene rings is 2. The second-order valence-corrected chi connectivity index (χ2v) is 4.78. The van der Waals surface area contributed by atoms with Crippen LogP contribution in [0.1, 0.15) is 21.5 Å². The van der Waals surface area contributed by atoms with Gasteiger partial charge in [-0.1, -0.05) is 17.7 Å². The van der Waals surface area contributed by atoms with Crippen molar-refractivity contribution in [1.29, 1.82) is 5.26 Å². The summed E-state index contributed by atoms with van der Waals surface area (Å²) in [6.07, 6.45) is 0. The largest absolute Gasteiger partial charge is 0.398 e. The molecular weight excluding hydrogens is 274 g/mol. The third-order valence-electron chi connectivity index (χ3n) is 2.80. The van der Waals surface area contributed by atoms with Gasteiger partial charge in [-0.2, -0.15) is 5.26 Å². The van der Waals surface area contributed by atoms with Gasteiger partial charge >= 0.3 is 0 Å². The Bertz CT molecular complexity index is 720. The summed E-state index contributed by atoms with van der Waals surface area (Å²) in [6.45, 7) is 1.89. The van der Waals surface area contributed by atoms with Crippen LogP contribution in [0.2, 0.25) is 5.02 Å². The maximum atomic E-state index is 12.2. The van der Waals surface area contributed by atoms with Crippen molar-refractivity contribution in [3.8, 4) is 6.07 Å². The Morgan fingerprint density at radius 1 is 1.30 bits per heavy atom. The van der Waals surface area contributed by atoms with Crippen molar-refractivity contribution in [2.24, 2.45) is 0 Å². The fourth-order valence-electron chi connectivity index (χ4n) is 1.80. The van der Waals surface area contributed by atoms with Gasteiger partial charge in [0.05, 0.1) is 16.8 Å². The van der Waals surface area contributed by atoms with Gasteiger partial charge in [0.25, 0.3) is 5.91 Å². The molecule has 0 spiro atoms. The van der Waals surface area contributed by atoms with Crippen molar-refractivity contribution in [1.82, 2.24) is 0 Å². The van der Waals surface area contributed by atoms with Crippen LogP contribution in [0.3, 0.4) is 0 Å². The molecule has 0 bridgehead atoms. The average molecular weight is 286 g/mol. The number of nitrogens with one attached hydrogen (secondary N) is 1. The summed E-state index contributed by atoms with van der Waals surface area (Å²) < 4.78 is 0. The molecule has 2 rings (SSSR count). The number of hydrogen-bond donors (Lipinski definition) is 2. The topological polar surface area (TPSA) is 78.9 Å². The number of anilines is 2. The van der Waals surface area contributed by atoms with Gasteiger partial charge < -0.3 is 11.1 Å². The van der Waals surface area contributed by atoms with Crippen LogP contribution in [0.4, 0.5) is 11.4 Å². The summed E-state index contributed by atoms with van der Waals surface area (Å²) in [5, 5.41) is 12.1.